The lowest BCUT2D eigenvalue weighted by Gasteiger charge is -2.16. The molecule has 1 rings (SSSR count). The molecule has 108 valence electrons. The first-order valence-electron chi connectivity index (χ1n) is 5.30. The summed E-state index contributed by atoms with van der Waals surface area (Å²) in [6, 6.07) is 4.80. The Morgan fingerprint density at radius 2 is 1.84 bits per heavy atom. The van der Waals surface area contributed by atoms with Gasteiger partial charge in [-0.15, -0.1) is 12.4 Å². The maximum atomic E-state index is 12.0. The van der Waals surface area contributed by atoms with Crippen LogP contribution in [0.3, 0.4) is 0 Å². The highest BCUT2D eigenvalue weighted by molar-refractivity contribution is 7.89. The van der Waals surface area contributed by atoms with Gasteiger partial charge in [0.1, 0.15) is 0 Å². The number of hydrogen-bond donors (Lipinski definition) is 1. The van der Waals surface area contributed by atoms with E-state index >= 15 is 0 Å². The summed E-state index contributed by atoms with van der Waals surface area (Å²) in [6.45, 7) is 0.718. The molecule has 0 aliphatic rings. The number of hydrogen-bond acceptors (Lipinski definition) is 5. The van der Waals surface area contributed by atoms with E-state index in [0.717, 1.165) is 0 Å². The summed E-state index contributed by atoms with van der Waals surface area (Å²) in [5.74, 6) is 0. The average molecular weight is 310 g/mol. The standard InChI is InChI=1S/C10H15N3O4S.ClH/c1-12(8-2-7-11)18(16,17)10-5-3-9(4-6-10)13(14)15;/h3-6H,2,7-8,11H2,1H3;1H. The van der Waals surface area contributed by atoms with Crippen LogP contribution >= 0.6 is 12.4 Å². The number of nitrogens with zero attached hydrogens (tertiary/aromatic N) is 2. The van der Waals surface area contributed by atoms with E-state index in [2.05, 4.69) is 0 Å². The minimum Gasteiger partial charge on any atom is -0.330 e. The highest BCUT2D eigenvalue weighted by atomic mass is 35.5. The summed E-state index contributed by atoms with van der Waals surface area (Å²) in [4.78, 5) is 9.93. The second-order valence-electron chi connectivity index (χ2n) is 3.72. The fourth-order valence-electron chi connectivity index (χ4n) is 1.35. The Morgan fingerprint density at radius 1 is 1.32 bits per heavy atom. The molecule has 7 nitrogen and oxygen atoms in total. The molecule has 0 aliphatic heterocycles. The van der Waals surface area contributed by atoms with E-state index in [0.29, 0.717) is 19.5 Å². The van der Waals surface area contributed by atoms with Crippen molar-refractivity contribution >= 4 is 28.1 Å². The van der Waals surface area contributed by atoms with Gasteiger partial charge in [-0.25, -0.2) is 12.7 Å². The predicted molar refractivity (Wildman–Crippen MR) is 73.8 cm³/mol. The number of nitro benzene ring substituents is 1. The van der Waals surface area contributed by atoms with Gasteiger partial charge in [0.25, 0.3) is 5.69 Å². The number of nitro groups is 1. The van der Waals surface area contributed by atoms with Crippen molar-refractivity contribution in [3.63, 3.8) is 0 Å². The number of rotatable bonds is 6. The van der Waals surface area contributed by atoms with E-state index < -0.39 is 14.9 Å². The van der Waals surface area contributed by atoms with Crippen LogP contribution in [0.5, 0.6) is 0 Å². The predicted octanol–water partition coefficient (Wildman–Crippen LogP) is 0.986. The molecule has 1 aromatic carbocycles. The van der Waals surface area contributed by atoms with Crippen LogP contribution in [0.15, 0.2) is 29.2 Å². The molecular formula is C10H16ClN3O4S. The van der Waals surface area contributed by atoms with Crippen molar-refractivity contribution in [3.8, 4) is 0 Å². The lowest BCUT2D eigenvalue weighted by atomic mass is 10.3. The Labute approximate surface area is 118 Å². The minimum atomic E-state index is -3.60. The van der Waals surface area contributed by atoms with E-state index in [9.17, 15) is 18.5 Å². The van der Waals surface area contributed by atoms with Gasteiger partial charge in [0, 0.05) is 25.7 Å². The van der Waals surface area contributed by atoms with Gasteiger partial charge in [0.15, 0.2) is 0 Å². The third-order valence-corrected chi connectivity index (χ3v) is 4.30. The second kappa shape index (κ2) is 7.39. The second-order valence-corrected chi connectivity index (χ2v) is 5.76. The summed E-state index contributed by atoms with van der Waals surface area (Å²) in [6.07, 6.45) is 0.558. The van der Waals surface area contributed by atoms with Crippen LogP contribution in [0.25, 0.3) is 0 Å². The van der Waals surface area contributed by atoms with Gasteiger partial charge in [-0.2, -0.15) is 0 Å². The zero-order chi connectivity index (χ0) is 13.8. The van der Waals surface area contributed by atoms with Gasteiger partial charge in [-0.3, -0.25) is 10.1 Å². The molecule has 0 aliphatic carbocycles. The molecule has 19 heavy (non-hydrogen) atoms. The Bertz CT molecular complexity index is 518. The third kappa shape index (κ3) is 4.43. The van der Waals surface area contributed by atoms with Gasteiger partial charge < -0.3 is 5.73 Å². The molecule has 1 aromatic rings. The molecule has 0 aromatic heterocycles. The maximum absolute atomic E-state index is 12.0. The summed E-state index contributed by atoms with van der Waals surface area (Å²) >= 11 is 0. The lowest BCUT2D eigenvalue weighted by molar-refractivity contribution is -0.384. The first-order chi connectivity index (χ1) is 8.39. The summed E-state index contributed by atoms with van der Waals surface area (Å²) < 4.78 is 25.3. The molecule has 0 saturated carbocycles. The SMILES string of the molecule is CN(CCCN)S(=O)(=O)c1ccc([N+](=O)[O-])cc1.Cl. The molecule has 9 heteroatoms. The van der Waals surface area contributed by atoms with E-state index in [1.807, 2.05) is 0 Å². The van der Waals surface area contributed by atoms with Crippen LogP contribution < -0.4 is 5.73 Å². The van der Waals surface area contributed by atoms with Gasteiger partial charge in [0.2, 0.25) is 10.0 Å². The fraction of sp³-hybridized carbons (Fsp3) is 0.400. The minimum absolute atomic E-state index is 0. The maximum Gasteiger partial charge on any atom is 0.269 e. The molecule has 0 amide bonds. The number of sulfonamides is 1. The largest absolute Gasteiger partial charge is 0.330 e. The van der Waals surface area contributed by atoms with E-state index in [-0.39, 0.29) is 23.0 Å². The van der Waals surface area contributed by atoms with Crippen LogP contribution in [-0.2, 0) is 10.0 Å². The number of halogens is 1. The Hall–Kier alpha value is -1.22. The third-order valence-electron chi connectivity index (χ3n) is 2.43. The van der Waals surface area contributed by atoms with Crippen molar-refractivity contribution in [1.29, 1.82) is 0 Å². The fourth-order valence-corrected chi connectivity index (χ4v) is 2.56. The van der Waals surface area contributed by atoms with Crippen molar-refractivity contribution in [3.05, 3.63) is 34.4 Å². The highest BCUT2D eigenvalue weighted by Gasteiger charge is 2.20. The monoisotopic (exact) mass is 309 g/mol. The zero-order valence-corrected chi connectivity index (χ0v) is 12.0. The van der Waals surface area contributed by atoms with Gasteiger partial charge in [-0.05, 0) is 25.1 Å². The topological polar surface area (TPSA) is 107 Å². The van der Waals surface area contributed by atoms with Gasteiger partial charge >= 0.3 is 0 Å². The van der Waals surface area contributed by atoms with Crippen molar-refractivity contribution in [2.24, 2.45) is 5.73 Å². The number of non-ortho nitro benzene ring substituents is 1. The van der Waals surface area contributed by atoms with Crippen molar-refractivity contribution in [2.75, 3.05) is 20.1 Å². The molecule has 0 bridgehead atoms. The first-order valence-corrected chi connectivity index (χ1v) is 6.74. The molecule has 2 N–H and O–H groups in total. The molecular weight excluding hydrogens is 294 g/mol. The molecule has 0 atom stereocenters. The summed E-state index contributed by atoms with van der Waals surface area (Å²) in [5, 5.41) is 10.5. The first kappa shape index (κ1) is 17.8. The summed E-state index contributed by atoms with van der Waals surface area (Å²) in [5.41, 5.74) is 5.18. The quantitative estimate of drug-likeness (QED) is 0.623. The molecule has 0 spiro atoms. The van der Waals surface area contributed by atoms with Crippen LogP contribution in [0.2, 0.25) is 0 Å². The molecule has 0 heterocycles. The number of benzene rings is 1. The zero-order valence-electron chi connectivity index (χ0n) is 10.4. The van der Waals surface area contributed by atoms with E-state index in [4.69, 9.17) is 5.73 Å². The van der Waals surface area contributed by atoms with Crippen LogP contribution in [0.1, 0.15) is 6.42 Å². The smallest absolute Gasteiger partial charge is 0.269 e. The van der Waals surface area contributed by atoms with Gasteiger partial charge in [0.05, 0.1) is 9.82 Å². The average Bonchev–Trinajstić information content (AvgIpc) is 2.35. The Morgan fingerprint density at radius 3 is 2.26 bits per heavy atom. The number of nitrogens with two attached hydrogens (primary N) is 1. The Kier molecular flexibility index (Phi) is 6.91. The van der Waals surface area contributed by atoms with Crippen molar-refractivity contribution in [1.82, 2.24) is 4.31 Å². The molecule has 0 saturated heterocycles. The van der Waals surface area contributed by atoms with Gasteiger partial charge in [-0.1, -0.05) is 0 Å². The lowest BCUT2D eigenvalue weighted by Crippen LogP contribution is -2.29. The van der Waals surface area contributed by atoms with Crippen molar-refractivity contribution in [2.45, 2.75) is 11.3 Å². The molecule has 0 unspecified atom stereocenters. The van der Waals surface area contributed by atoms with Crippen molar-refractivity contribution < 1.29 is 13.3 Å². The molecule has 0 radical (unpaired) electrons. The van der Waals surface area contributed by atoms with E-state index in [1.54, 1.807) is 0 Å². The van der Waals surface area contributed by atoms with E-state index in [1.165, 1.54) is 35.6 Å². The normalized spacial score (nSPS) is 11.1. The van der Waals surface area contributed by atoms with Crippen LogP contribution in [-0.4, -0.2) is 37.8 Å². The highest BCUT2D eigenvalue weighted by Crippen LogP contribution is 2.18. The van der Waals surface area contributed by atoms with Crippen LogP contribution in [0, 0.1) is 10.1 Å². The molecule has 0 fully saturated rings. The Balaban J connectivity index is 0.00000324. The summed E-state index contributed by atoms with van der Waals surface area (Å²) in [7, 11) is -2.15. The van der Waals surface area contributed by atoms with Crippen LogP contribution in [0.4, 0.5) is 5.69 Å².